The number of methoxy groups -OCH3 is 1. The molecule has 0 aromatic rings. The Hall–Kier alpha value is -1.06. The first-order valence-corrected chi connectivity index (χ1v) is 4.89. The minimum absolute atomic E-state index is 0.0731. The molecular weight excluding hydrogens is 182 g/mol. The number of carbonyl (C=O) groups excluding carboxylic acids is 2. The second kappa shape index (κ2) is 6.40. The van der Waals surface area contributed by atoms with Gasteiger partial charge in [0.2, 0.25) is 5.91 Å². The molecule has 0 unspecified atom stereocenters. The number of hydrogen-bond donors (Lipinski definition) is 0. The third kappa shape index (κ3) is 4.25. The van der Waals surface area contributed by atoms with E-state index in [9.17, 15) is 9.59 Å². The number of ether oxygens (including phenoxy) is 1. The molecule has 0 radical (unpaired) electrons. The number of nitrogens with zero attached hydrogens (tertiary/aromatic N) is 1. The summed E-state index contributed by atoms with van der Waals surface area (Å²) in [4.78, 5) is 24.0. The normalized spacial score (nSPS) is 10.1. The minimum Gasteiger partial charge on any atom is -0.469 e. The Morgan fingerprint density at radius 2 is 1.93 bits per heavy atom. The Bertz CT molecular complexity index is 202. The monoisotopic (exact) mass is 201 g/mol. The minimum atomic E-state index is -0.278. The lowest BCUT2D eigenvalue weighted by Gasteiger charge is -2.25. The van der Waals surface area contributed by atoms with Gasteiger partial charge in [-0.25, -0.2) is 0 Å². The summed E-state index contributed by atoms with van der Waals surface area (Å²) in [5.41, 5.74) is 0. The highest BCUT2D eigenvalue weighted by molar-refractivity contribution is 5.77. The third-order valence-electron chi connectivity index (χ3n) is 2.03. The van der Waals surface area contributed by atoms with Crippen molar-refractivity contribution in [2.24, 2.45) is 0 Å². The topological polar surface area (TPSA) is 46.6 Å². The average Bonchev–Trinajstić information content (AvgIpc) is 2.16. The lowest BCUT2D eigenvalue weighted by atomic mass is 10.2. The highest BCUT2D eigenvalue weighted by Gasteiger charge is 2.16. The molecule has 0 spiro atoms. The average molecular weight is 201 g/mol. The highest BCUT2D eigenvalue weighted by atomic mass is 16.5. The summed E-state index contributed by atoms with van der Waals surface area (Å²) in [5.74, 6) is -0.205. The van der Waals surface area contributed by atoms with Crippen molar-refractivity contribution in [2.45, 2.75) is 39.7 Å². The van der Waals surface area contributed by atoms with Crippen molar-refractivity contribution < 1.29 is 14.3 Å². The quantitative estimate of drug-likeness (QED) is 0.628. The fourth-order valence-electron chi connectivity index (χ4n) is 1.19. The number of carbonyl (C=O) groups is 2. The van der Waals surface area contributed by atoms with E-state index in [2.05, 4.69) is 4.74 Å². The second-order valence-corrected chi connectivity index (χ2v) is 3.36. The summed E-state index contributed by atoms with van der Waals surface area (Å²) < 4.78 is 4.52. The Balaban J connectivity index is 4.11. The fraction of sp³-hybridized carbons (Fsp3) is 0.800. The molecule has 0 bridgehead atoms. The molecule has 0 aromatic heterocycles. The van der Waals surface area contributed by atoms with Crippen LogP contribution in [0.25, 0.3) is 0 Å². The standard InChI is InChI=1S/C10H19NO3/c1-5-9(12)11(8(2)3)7-6-10(13)14-4/h8H,5-7H2,1-4H3. The summed E-state index contributed by atoms with van der Waals surface area (Å²) in [7, 11) is 1.35. The van der Waals surface area contributed by atoms with Gasteiger partial charge in [-0.1, -0.05) is 6.92 Å². The zero-order valence-electron chi connectivity index (χ0n) is 9.37. The number of rotatable bonds is 5. The molecule has 0 aliphatic heterocycles. The number of hydrogen-bond acceptors (Lipinski definition) is 3. The van der Waals surface area contributed by atoms with Crippen LogP contribution in [0.2, 0.25) is 0 Å². The maximum Gasteiger partial charge on any atom is 0.307 e. The lowest BCUT2D eigenvalue weighted by molar-refractivity contribution is -0.142. The first-order valence-electron chi connectivity index (χ1n) is 4.89. The van der Waals surface area contributed by atoms with Gasteiger partial charge in [0, 0.05) is 19.0 Å². The number of esters is 1. The predicted octanol–water partition coefficient (Wildman–Crippen LogP) is 1.20. The van der Waals surface area contributed by atoms with Crippen LogP contribution in [0.5, 0.6) is 0 Å². The zero-order chi connectivity index (χ0) is 11.1. The second-order valence-electron chi connectivity index (χ2n) is 3.36. The van der Waals surface area contributed by atoms with E-state index >= 15 is 0 Å². The van der Waals surface area contributed by atoms with Crippen LogP contribution in [0.4, 0.5) is 0 Å². The molecule has 82 valence electrons. The third-order valence-corrected chi connectivity index (χ3v) is 2.03. The van der Waals surface area contributed by atoms with Gasteiger partial charge >= 0.3 is 5.97 Å². The predicted molar refractivity (Wildman–Crippen MR) is 53.8 cm³/mol. The molecule has 0 aliphatic rings. The molecule has 0 saturated carbocycles. The van der Waals surface area contributed by atoms with Crippen LogP contribution in [0.1, 0.15) is 33.6 Å². The van der Waals surface area contributed by atoms with E-state index in [0.717, 1.165) is 0 Å². The molecule has 1 amide bonds. The molecule has 4 heteroatoms. The zero-order valence-corrected chi connectivity index (χ0v) is 9.37. The van der Waals surface area contributed by atoms with Gasteiger partial charge in [0.15, 0.2) is 0 Å². The maximum atomic E-state index is 11.4. The summed E-state index contributed by atoms with van der Waals surface area (Å²) in [6.45, 7) is 6.13. The molecule has 0 heterocycles. The van der Waals surface area contributed by atoms with Crippen molar-refractivity contribution in [3.05, 3.63) is 0 Å². The van der Waals surface area contributed by atoms with Crippen molar-refractivity contribution in [1.82, 2.24) is 4.90 Å². The van der Waals surface area contributed by atoms with E-state index in [0.29, 0.717) is 13.0 Å². The fourth-order valence-corrected chi connectivity index (χ4v) is 1.19. The molecule has 0 aliphatic carbocycles. The molecule has 0 saturated heterocycles. The van der Waals surface area contributed by atoms with Crippen LogP contribution in [-0.4, -0.2) is 36.5 Å². The van der Waals surface area contributed by atoms with Crippen molar-refractivity contribution in [3.63, 3.8) is 0 Å². The van der Waals surface area contributed by atoms with Crippen molar-refractivity contribution >= 4 is 11.9 Å². The molecule has 0 N–H and O–H groups in total. The summed E-state index contributed by atoms with van der Waals surface area (Å²) in [6, 6.07) is 0.132. The van der Waals surface area contributed by atoms with Crippen LogP contribution in [0.15, 0.2) is 0 Å². The molecule has 0 atom stereocenters. The van der Waals surface area contributed by atoms with Gasteiger partial charge in [-0.15, -0.1) is 0 Å². The molecular formula is C10H19NO3. The van der Waals surface area contributed by atoms with E-state index in [1.165, 1.54) is 7.11 Å². The first kappa shape index (κ1) is 12.9. The van der Waals surface area contributed by atoms with Crippen LogP contribution in [0.3, 0.4) is 0 Å². The van der Waals surface area contributed by atoms with Gasteiger partial charge in [-0.2, -0.15) is 0 Å². The Labute approximate surface area is 85.2 Å². The van der Waals surface area contributed by atoms with E-state index in [4.69, 9.17) is 0 Å². The first-order chi connectivity index (χ1) is 6.52. The molecule has 0 fully saturated rings. The molecule has 0 rings (SSSR count). The highest BCUT2D eigenvalue weighted by Crippen LogP contribution is 2.03. The van der Waals surface area contributed by atoms with E-state index in [1.54, 1.807) is 4.90 Å². The van der Waals surface area contributed by atoms with Crippen molar-refractivity contribution in [2.75, 3.05) is 13.7 Å². The largest absolute Gasteiger partial charge is 0.469 e. The van der Waals surface area contributed by atoms with E-state index < -0.39 is 0 Å². The van der Waals surface area contributed by atoms with Crippen molar-refractivity contribution in [3.8, 4) is 0 Å². The summed E-state index contributed by atoms with van der Waals surface area (Å²) in [5, 5.41) is 0. The van der Waals surface area contributed by atoms with Gasteiger partial charge < -0.3 is 9.64 Å². The van der Waals surface area contributed by atoms with Crippen LogP contribution < -0.4 is 0 Å². The summed E-state index contributed by atoms with van der Waals surface area (Å²) >= 11 is 0. The Morgan fingerprint density at radius 3 is 2.29 bits per heavy atom. The lowest BCUT2D eigenvalue weighted by Crippen LogP contribution is -2.38. The summed E-state index contributed by atoms with van der Waals surface area (Å²) in [6.07, 6.45) is 0.736. The van der Waals surface area contributed by atoms with Crippen LogP contribution in [-0.2, 0) is 14.3 Å². The van der Waals surface area contributed by atoms with E-state index in [1.807, 2.05) is 20.8 Å². The molecule has 4 nitrogen and oxygen atoms in total. The Kier molecular flexibility index (Phi) is 5.92. The van der Waals surface area contributed by atoms with Gasteiger partial charge in [0.1, 0.15) is 0 Å². The van der Waals surface area contributed by atoms with Crippen LogP contribution >= 0.6 is 0 Å². The van der Waals surface area contributed by atoms with Gasteiger partial charge in [0.05, 0.1) is 13.5 Å². The number of amides is 1. The van der Waals surface area contributed by atoms with Gasteiger partial charge in [0.25, 0.3) is 0 Å². The molecule has 0 aromatic carbocycles. The van der Waals surface area contributed by atoms with E-state index in [-0.39, 0.29) is 24.3 Å². The van der Waals surface area contributed by atoms with Crippen molar-refractivity contribution in [1.29, 1.82) is 0 Å². The van der Waals surface area contributed by atoms with Gasteiger partial charge in [-0.05, 0) is 13.8 Å². The SMILES string of the molecule is CCC(=O)N(CCC(=O)OC)C(C)C. The smallest absolute Gasteiger partial charge is 0.307 e. The Morgan fingerprint density at radius 1 is 1.36 bits per heavy atom. The van der Waals surface area contributed by atoms with Crippen LogP contribution in [0, 0.1) is 0 Å². The maximum absolute atomic E-state index is 11.4. The van der Waals surface area contributed by atoms with Gasteiger partial charge in [-0.3, -0.25) is 9.59 Å². The molecule has 14 heavy (non-hydrogen) atoms.